The molecule has 1 rings (SSSR count). The highest BCUT2D eigenvalue weighted by Gasteiger charge is 1.98. The number of nitrogens with one attached hydrogen (secondary N) is 1. The first-order chi connectivity index (χ1) is 7.24. The Hall–Kier alpha value is -1.16. The third-order valence-corrected chi connectivity index (χ3v) is 2.85. The number of hydrogen-bond acceptors (Lipinski definition) is 3. The van der Waals surface area contributed by atoms with Gasteiger partial charge in [-0.2, -0.15) is 11.8 Å². The summed E-state index contributed by atoms with van der Waals surface area (Å²) in [6, 6.07) is 7.21. The summed E-state index contributed by atoms with van der Waals surface area (Å²) < 4.78 is 0. The molecule has 0 aliphatic heterocycles. The van der Waals surface area contributed by atoms with Gasteiger partial charge in [0.15, 0.2) is 0 Å². The molecule has 0 unspecified atom stereocenters. The molecule has 0 spiro atoms. The molecule has 0 atom stereocenters. The van der Waals surface area contributed by atoms with Gasteiger partial charge in [-0.25, -0.2) is 0 Å². The van der Waals surface area contributed by atoms with E-state index in [-0.39, 0.29) is 5.91 Å². The summed E-state index contributed by atoms with van der Waals surface area (Å²) in [6.45, 7) is 3.08. The number of benzene rings is 1. The van der Waals surface area contributed by atoms with Crippen LogP contribution >= 0.6 is 11.8 Å². The minimum Gasteiger partial charge on any atom is -0.384 e. The monoisotopic (exact) mass is 224 g/mol. The minimum atomic E-state index is -0.386. The Morgan fingerprint density at radius 1 is 1.40 bits per heavy atom. The zero-order valence-corrected chi connectivity index (χ0v) is 9.64. The van der Waals surface area contributed by atoms with Crippen LogP contribution in [0.3, 0.4) is 0 Å². The van der Waals surface area contributed by atoms with Crippen molar-refractivity contribution in [1.82, 2.24) is 0 Å². The van der Waals surface area contributed by atoms with Crippen molar-refractivity contribution in [2.24, 2.45) is 5.73 Å². The standard InChI is InChI=1S/C11H16N2OS/c1-2-15-8-7-13-10-5-3-9(4-6-10)11(12)14/h3-6,13H,2,7-8H2,1H3,(H2,12,14). The van der Waals surface area contributed by atoms with Crippen LogP contribution in [0.1, 0.15) is 17.3 Å². The first-order valence-corrected chi connectivity index (χ1v) is 6.11. The van der Waals surface area contributed by atoms with Crippen LogP contribution in [0.4, 0.5) is 5.69 Å². The van der Waals surface area contributed by atoms with Gasteiger partial charge in [-0.05, 0) is 30.0 Å². The maximum atomic E-state index is 10.8. The summed E-state index contributed by atoms with van der Waals surface area (Å²) in [5, 5.41) is 3.27. The Morgan fingerprint density at radius 3 is 2.60 bits per heavy atom. The Kier molecular flexibility index (Phi) is 5.04. The van der Waals surface area contributed by atoms with Crippen LogP contribution in [0.25, 0.3) is 0 Å². The zero-order valence-electron chi connectivity index (χ0n) is 8.82. The predicted molar refractivity (Wildman–Crippen MR) is 66.4 cm³/mol. The Balaban J connectivity index is 2.39. The van der Waals surface area contributed by atoms with E-state index >= 15 is 0 Å². The van der Waals surface area contributed by atoms with Crippen LogP contribution in [0.15, 0.2) is 24.3 Å². The molecule has 1 aromatic carbocycles. The van der Waals surface area contributed by atoms with Crippen molar-refractivity contribution in [3.63, 3.8) is 0 Å². The van der Waals surface area contributed by atoms with Crippen LogP contribution in [0.5, 0.6) is 0 Å². The van der Waals surface area contributed by atoms with Gasteiger partial charge in [-0.15, -0.1) is 0 Å². The highest BCUT2D eigenvalue weighted by Crippen LogP contribution is 2.09. The molecule has 1 aromatic rings. The number of nitrogens with two attached hydrogens (primary N) is 1. The van der Waals surface area contributed by atoms with Crippen LogP contribution in [-0.2, 0) is 0 Å². The lowest BCUT2D eigenvalue weighted by molar-refractivity contribution is 0.100. The number of carbonyl (C=O) groups is 1. The average Bonchev–Trinajstić information content (AvgIpc) is 2.25. The predicted octanol–water partition coefficient (Wildman–Crippen LogP) is 1.95. The molecular weight excluding hydrogens is 208 g/mol. The van der Waals surface area contributed by atoms with Crippen molar-refractivity contribution in [2.75, 3.05) is 23.4 Å². The summed E-state index contributed by atoms with van der Waals surface area (Å²) in [5.74, 6) is 1.85. The number of hydrogen-bond donors (Lipinski definition) is 2. The summed E-state index contributed by atoms with van der Waals surface area (Å²) in [5.41, 5.74) is 6.71. The second kappa shape index (κ2) is 6.35. The van der Waals surface area contributed by atoms with E-state index in [9.17, 15) is 4.79 Å². The molecule has 0 saturated carbocycles. The smallest absolute Gasteiger partial charge is 0.248 e. The first kappa shape index (κ1) is 11.9. The number of carbonyl (C=O) groups excluding carboxylic acids is 1. The van der Waals surface area contributed by atoms with Gasteiger partial charge in [0.25, 0.3) is 0 Å². The van der Waals surface area contributed by atoms with Gasteiger partial charge in [0, 0.05) is 23.5 Å². The highest BCUT2D eigenvalue weighted by molar-refractivity contribution is 7.99. The molecular formula is C11H16N2OS. The normalized spacial score (nSPS) is 9.93. The van der Waals surface area contributed by atoms with Gasteiger partial charge in [0.05, 0.1) is 0 Å². The molecule has 3 N–H and O–H groups in total. The number of rotatable bonds is 6. The fraction of sp³-hybridized carbons (Fsp3) is 0.364. The molecule has 0 heterocycles. The van der Waals surface area contributed by atoms with Crippen molar-refractivity contribution < 1.29 is 4.79 Å². The van der Waals surface area contributed by atoms with Crippen LogP contribution in [0, 0.1) is 0 Å². The van der Waals surface area contributed by atoms with Gasteiger partial charge >= 0.3 is 0 Å². The third kappa shape index (κ3) is 4.25. The fourth-order valence-electron chi connectivity index (χ4n) is 1.16. The third-order valence-electron chi connectivity index (χ3n) is 1.95. The van der Waals surface area contributed by atoms with Gasteiger partial charge in [-0.3, -0.25) is 4.79 Å². The van der Waals surface area contributed by atoms with E-state index in [0.717, 1.165) is 23.7 Å². The van der Waals surface area contributed by atoms with E-state index in [2.05, 4.69) is 12.2 Å². The summed E-state index contributed by atoms with van der Waals surface area (Å²) in [4.78, 5) is 10.8. The van der Waals surface area contributed by atoms with E-state index in [4.69, 9.17) is 5.73 Å². The number of thioether (sulfide) groups is 1. The lowest BCUT2D eigenvalue weighted by Gasteiger charge is -2.05. The maximum Gasteiger partial charge on any atom is 0.248 e. The zero-order chi connectivity index (χ0) is 11.1. The van der Waals surface area contributed by atoms with Crippen molar-refractivity contribution in [2.45, 2.75) is 6.92 Å². The lowest BCUT2D eigenvalue weighted by atomic mass is 10.2. The maximum absolute atomic E-state index is 10.8. The van der Waals surface area contributed by atoms with Gasteiger partial charge in [-0.1, -0.05) is 6.92 Å². The van der Waals surface area contributed by atoms with E-state index in [1.807, 2.05) is 23.9 Å². The molecule has 0 aliphatic carbocycles. The second-order valence-electron chi connectivity index (χ2n) is 3.07. The average molecular weight is 224 g/mol. The molecule has 82 valence electrons. The molecule has 0 aromatic heterocycles. The van der Waals surface area contributed by atoms with E-state index in [0.29, 0.717) is 5.56 Å². The van der Waals surface area contributed by atoms with Gasteiger partial charge in [0.2, 0.25) is 5.91 Å². The molecule has 3 nitrogen and oxygen atoms in total. The molecule has 0 saturated heterocycles. The Morgan fingerprint density at radius 2 is 2.07 bits per heavy atom. The first-order valence-electron chi connectivity index (χ1n) is 4.95. The minimum absolute atomic E-state index is 0.386. The highest BCUT2D eigenvalue weighted by atomic mass is 32.2. The largest absolute Gasteiger partial charge is 0.384 e. The quantitative estimate of drug-likeness (QED) is 0.726. The SMILES string of the molecule is CCSCCNc1ccc(C(N)=O)cc1. The molecule has 0 bridgehead atoms. The second-order valence-corrected chi connectivity index (χ2v) is 4.46. The van der Waals surface area contributed by atoms with E-state index in [1.54, 1.807) is 12.1 Å². The van der Waals surface area contributed by atoms with Crippen molar-refractivity contribution in [3.05, 3.63) is 29.8 Å². The number of amides is 1. The fourth-order valence-corrected chi connectivity index (χ4v) is 1.70. The van der Waals surface area contributed by atoms with Crippen molar-refractivity contribution >= 4 is 23.4 Å². The van der Waals surface area contributed by atoms with Crippen LogP contribution in [-0.4, -0.2) is 24.0 Å². The molecule has 0 aliphatic rings. The number of primary amides is 1. The van der Waals surface area contributed by atoms with Gasteiger partial charge in [0.1, 0.15) is 0 Å². The van der Waals surface area contributed by atoms with E-state index < -0.39 is 0 Å². The van der Waals surface area contributed by atoms with Crippen LogP contribution in [0.2, 0.25) is 0 Å². The van der Waals surface area contributed by atoms with E-state index in [1.165, 1.54) is 0 Å². The lowest BCUT2D eigenvalue weighted by Crippen LogP contribution is -2.11. The molecule has 15 heavy (non-hydrogen) atoms. The van der Waals surface area contributed by atoms with Crippen molar-refractivity contribution in [3.8, 4) is 0 Å². The Bertz CT molecular complexity index is 311. The number of anilines is 1. The summed E-state index contributed by atoms with van der Waals surface area (Å²) in [6.07, 6.45) is 0. The molecule has 0 fully saturated rings. The van der Waals surface area contributed by atoms with Crippen molar-refractivity contribution in [1.29, 1.82) is 0 Å². The summed E-state index contributed by atoms with van der Waals surface area (Å²) >= 11 is 1.90. The summed E-state index contributed by atoms with van der Waals surface area (Å²) in [7, 11) is 0. The Labute approximate surface area is 94.4 Å². The van der Waals surface area contributed by atoms with Gasteiger partial charge < -0.3 is 11.1 Å². The molecule has 4 heteroatoms. The van der Waals surface area contributed by atoms with Crippen LogP contribution < -0.4 is 11.1 Å². The molecule has 1 amide bonds. The topological polar surface area (TPSA) is 55.1 Å². The molecule has 0 radical (unpaired) electrons.